The largest absolute Gasteiger partial charge is 0.363 e. The normalized spacial score (nSPS) is 23.8. The lowest BCUT2D eigenvalue weighted by molar-refractivity contribution is 0.00733. The second kappa shape index (κ2) is 5.70. The Morgan fingerprint density at radius 2 is 2.19 bits per heavy atom. The monoisotopic (exact) mass is 366 g/mol. The van der Waals surface area contributed by atoms with E-state index in [1.165, 1.54) is 10.9 Å². The first-order valence-electron chi connectivity index (χ1n) is 8.15. The lowest BCUT2D eigenvalue weighted by Gasteiger charge is -2.19. The smallest absolute Gasteiger partial charge is 0.254 e. The van der Waals surface area contributed by atoms with Gasteiger partial charge in [0.05, 0.1) is 17.5 Å². The van der Waals surface area contributed by atoms with Gasteiger partial charge in [-0.15, -0.1) is 0 Å². The van der Waals surface area contributed by atoms with Gasteiger partial charge >= 0.3 is 0 Å². The number of fused-ring (bicyclic) bond motifs is 1. The summed E-state index contributed by atoms with van der Waals surface area (Å²) >= 11 is 0. The third kappa shape index (κ3) is 2.70. The van der Waals surface area contributed by atoms with Crippen molar-refractivity contribution in [3.8, 4) is 11.3 Å². The van der Waals surface area contributed by atoms with Gasteiger partial charge in [-0.25, -0.2) is 18.2 Å². The average molecular weight is 366 g/mol. The highest BCUT2D eigenvalue weighted by molar-refractivity contribution is 6.04. The fraction of sp³-hybridized carbons (Fsp3) is 0.438. The lowest BCUT2D eigenvalue weighted by atomic mass is 10.0. The maximum atomic E-state index is 14.9. The standard InChI is InChI=1S/C16H17F3N6O/c1-25-6-7(4-22-25)13-11-8(5-21-15(11)26)12(17)14(24-13)23-10-3-16(18,19)2-9(10)20/h4,6,9-10H,2-3,5,20H2,1H3,(H,21,26)(H,23,24)/t9-,10?/m0/s1. The fourth-order valence-corrected chi connectivity index (χ4v) is 3.51. The molecule has 0 radical (unpaired) electrons. The molecule has 0 saturated heterocycles. The highest BCUT2D eigenvalue weighted by Crippen LogP contribution is 2.37. The summed E-state index contributed by atoms with van der Waals surface area (Å²) in [5, 5.41) is 9.33. The number of pyridine rings is 1. The van der Waals surface area contributed by atoms with Crippen molar-refractivity contribution < 1.29 is 18.0 Å². The Morgan fingerprint density at radius 1 is 1.42 bits per heavy atom. The van der Waals surface area contributed by atoms with Crippen LogP contribution >= 0.6 is 0 Å². The van der Waals surface area contributed by atoms with Gasteiger partial charge in [0.1, 0.15) is 0 Å². The van der Waals surface area contributed by atoms with Crippen molar-refractivity contribution in [1.29, 1.82) is 0 Å². The number of anilines is 1. The molecule has 1 unspecified atom stereocenters. The molecule has 1 aliphatic carbocycles. The van der Waals surface area contributed by atoms with Gasteiger partial charge in [0.2, 0.25) is 0 Å². The van der Waals surface area contributed by atoms with Gasteiger partial charge in [-0.2, -0.15) is 5.10 Å². The fourth-order valence-electron chi connectivity index (χ4n) is 3.51. The summed E-state index contributed by atoms with van der Waals surface area (Å²) < 4.78 is 43.5. The molecule has 1 fully saturated rings. The number of hydrogen-bond donors (Lipinski definition) is 3. The van der Waals surface area contributed by atoms with E-state index in [9.17, 15) is 18.0 Å². The second-order valence-corrected chi connectivity index (χ2v) is 6.74. The zero-order chi connectivity index (χ0) is 18.6. The van der Waals surface area contributed by atoms with Crippen LogP contribution in [0.5, 0.6) is 0 Å². The van der Waals surface area contributed by atoms with Crippen LogP contribution in [-0.2, 0) is 13.6 Å². The topological polar surface area (TPSA) is 97.9 Å². The molecule has 2 aromatic rings. The molecule has 0 aromatic carbocycles. The Balaban J connectivity index is 1.78. The Hall–Kier alpha value is -2.62. The Labute approximate surface area is 146 Å². The Kier molecular flexibility index (Phi) is 3.69. The lowest BCUT2D eigenvalue weighted by Crippen LogP contribution is -2.36. The summed E-state index contributed by atoms with van der Waals surface area (Å²) in [4.78, 5) is 16.4. The number of aromatic nitrogens is 3. The number of rotatable bonds is 3. The van der Waals surface area contributed by atoms with Gasteiger partial charge in [0.25, 0.3) is 11.8 Å². The summed E-state index contributed by atoms with van der Waals surface area (Å²) in [5.74, 6) is -4.24. The first-order valence-corrected chi connectivity index (χ1v) is 8.15. The van der Waals surface area contributed by atoms with Crippen molar-refractivity contribution >= 4 is 11.7 Å². The maximum Gasteiger partial charge on any atom is 0.254 e. The van der Waals surface area contributed by atoms with Crippen LogP contribution in [0.2, 0.25) is 0 Å². The molecule has 26 heavy (non-hydrogen) atoms. The molecule has 0 spiro atoms. The maximum absolute atomic E-state index is 14.9. The Morgan fingerprint density at radius 3 is 2.81 bits per heavy atom. The number of halogens is 3. The first-order chi connectivity index (χ1) is 12.2. The zero-order valence-electron chi connectivity index (χ0n) is 13.9. The minimum absolute atomic E-state index is 0.0113. The van der Waals surface area contributed by atoms with Crippen LogP contribution in [0.4, 0.5) is 19.0 Å². The van der Waals surface area contributed by atoms with E-state index in [0.29, 0.717) is 5.56 Å². The third-order valence-electron chi connectivity index (χ3n) is 4.76. The van der Waals surface area contributed by atoms with E-state index in [-0.39, 0.29) is 29.2 Å². The number of hydrogen-bond acceptors (Lipinski definition) is 5. The molecule has 0 bridgehead atoms. The van der Waals surface area contributed by atoms with E-state index in [1.807, 2.05) is 0 Å². The van der Waals surface area contributed by atoms with Crippen molar-refractivity contribution in [2.75, 3.05) is 5.32 Å². The van der Waals surface area contributed by atoms with Crippen LogP contribution in [0.25, 0.3) is 11.3 Å². The van der Waals surface area contributed by atoms with E-state index in [4.69, 9.17) is 5.73 Å². The molecule has 2 atom stereocenters. The van der Waals surface area contributed by atoms with Crippen LogP contribution < -0.4 is 16.4 Å². The molecule has 2 aromatic heterocycles. The summed E-state index contributed by atoms with van der Waals surface area (Å²) in [6, 6.07) is -1.63. The highest BCUT2D eigenvalue weighted by atomic mass is 19.3. The van der Waals surface area contributed by atoms with E-state index >= 15 is 0 Å². The first kappa shape index (κ1) is 16.8. The van der Waals surface area contributed by atoms with Crippen molar-refractivity contribution in [3.63, 3.8) is 0 Å². The zero-order valence-corrected chi connectivity index (χ0v) is 13.9. The minimum Gasteiger partial charge on any atom is -0.363 e. The molecule has 3 heterocycles. The number of nitrogens with one attached hydrogen (secondary N) is 2. The van der Waals surface area contributed by atoms with Crippen LogP contribution in [0.3, 0.4) is 0 Å². The number of amides is 1. The number of carbonyl (C=O) groups is 1. The van der Waals surface area contributed by atoms with Crippen molar-refractivity contribution in [2.45, 2.75) is 37.4 Å². The van der Waals surface area contributed by atoms with E-state index in [0.717, 1.165) is 0 Å². The second-order valence-electron chi connectivity index (χ2n) is 6.74. The van der Waals surface area contributed by atoms with Gasteiger partial charge in [-0.3, -0.25) is 9.48 Å². The summed E-state index contributed by atoms with van der Waals surface area (Å²) in [7, 11) is 1.70. The summed E-state index contributed by atoms with van der Waals surface area (Å²) in [6.07, 6.45) is 2.19. The van der Waals surface area contributed by atoms with Gasteiger partial charge in [-0.1, -0.05) is 0 Å². The molecule has 7 nitrogen and oxygen atoms in total. The summed E-state index contributed by atoms with van der Waals surface area (Å²) in [6.45, 7) is 0.0113. The van der Waals surface area contributed by atoms with Crippen molar-refractivity contribution in [2.24, 2.45) is 12.8 Å². The minimum atomic E-state index is -2.89. The van der Waals surface area contributed by atoms with Gasteiger partial charge in [0, 0.05) is 55.8 Å². The van der Waals surface area contributed by atoms with E-state index in [2.05, 4.69) is 20.7 Å². The molecule has 10 heteroatoms. The molecule has 4 N–H and O–H groups in total. The molecule has 4 rings (SSSR count). The molecule has 138 valence electrons. The number of alkyl halides is 2. The summed E-state index contributed by atoms with van der Waals surface area (Å²) in [5.41, 5.74) is 6.85. The quantitative estimate of drug-likeness (QED) is 0.763. The Bertz CT molecular complexity index is 896. The van der Waals surface area contributed by atoms with Gasteiger partial charge < -0.3 is 16.4 Å². The predicted octanol–water partition coefficient (Wildman–Crippen LogP) is 1.40. The third-order valence-corrected chi connectivity index (χ3v) is 4.76. The van der Waals surface area contributed by atoms with Crippen molar-refractivity contribution in [3.05, 3.63) is 29.3 Å². The van der Waals surface area contributed by atoms with Crippen molar-refractivity contribution in [1.82, 2.24) is 20.1 Å². The number of aryl methyl sites for hydroxylation is 1. The molecule has 1 amide bonds. The predicted molar refractivity (Wildman–Crippen MR) is 87.1 cm³/mol. The number of carbonyl (C=O) groups excluding carboxylic acids is 1. The van der Waals surface area contributed by atoms with Crippen LogP contribution in [0, 0.1) is 5.82 Å². The van der Waals surface area contributed by atoms with E-state index in [1.54, 1.807) is 13.2 Å². The molecular formula is C16H17F3N6O. The van der Waals surface area contributed by atoms with Crippen LogP contribution in [0.15, 0.2) is 12.4 Å². The van der Waals surface area contributed by atoms with Crippen LogP contribution in [-0.4, -0.2) is 38.7 Å². The van der Waals surface area contributed by atoms with Crippen LogP contribution in [0.1, 0.15) is 28.8 Å². The average Bonchev–Trinajstić information content (AvgIpc) is 3.21. The molecule has 2 aliphatic rings. The molecule has 1 saturated carbocycles. The van der Waals surface area contributed by atoms with Gasteiger partial charge in [-0.05, 0) is 0 Å². The molecule has 1 aliphatic heterocycles. The number of nitrogens with zero attached hydrogens (tertiary/aromatic N) is 3. The SMILES string of the molecule is Cn1cc(-c2nc(NC3CC(F)(F)C[C@@H]3N)c(F)c3c2C(=O)NC3)cn1. The highest BCUT2D eigenvalue weighted by Gasteiger charge is 2.45. The molecular weight excluding hydrogens is 349 g/mol. The number of nitrogens with two attached hydrogens (primary N) is 1. The van der Waals surface area contributed by atoms with E-state index < -0.39 is 42.6 Å². The van der Waals surface area contributed by atoms with Gasteiger partial charge in [0.15, 0.2) is 11.6 Å².